The lowest BCUT2D eigenvalue weighted by atomic mass is 10.2. The first kappa shape index (κ1) is 23.4. The number of hydrogen-bond donors (Lipinski definition) is 0. The van der Waals surface area contributed by atoms with Crippen molar-refractivity contribution < 1.29 is 0 Å². The van der Waals surface area contributed by atoms with Gasteiger partial charge in [-0.25, -0.2) is 0 Å². The van der Waals surface area contributed by atoms with E-state index in [4.69, 9.17) is 0 Å². The zero-order valence-electron chi connectivity index (χ0n) is 18.7. The van der Waals surface area contributed by atoms with Crippen molar-refractivity contribution in [3.05, 3.63) is 48.8 Å². The van der Waals surface area contributed by atoms with Gasteiger partial charge in [0.1, 0.15) is 0 Å². The highest BCUT2D eigenvalue weighted by Gasteiger charge is 2.27. The minimum absolute atomic E-state index is 0.202. The minimum atomic E-state index is -0.202. The van der Waals surface area contributed by atoms with Crippen molar-refractivity contribution in [2.45, 2.75) is 77.5 Å². The first-order chi connectivity index (χ1) is 13.2. The monoisotopic (exact) mass is 416 g/mol. The maximum absolute atomic E-state index is 4.67. The van der Waals surface area contributed by atoms with Crippen molar-refractivity contribution >= 4 is 26.7 Å². The Balaban J connectivity index is 1.81. The number of nitrogens with zero attached hydrogens (tertiary/aromatic N) is 2. The van der Waals surface area contributed by atoms with Gasteiger partial charge in [-0.05, 0) is 75.6 Å². The summed E-state index contributed by atoms with van der Waals surface area (Å²) in [5.41, 5.74) is 2.63. The minimum Gasteiger partial charge on any atom is -0.257 e. The van der Waals surface area contributed by atoms with Gasteiger partial charge in [-0.3, -0.25) is 9.97 Å². The summed E-state index contributed by atoms with van der Waals surface area (Å²) in [5, 5.41) is 0.645. The molecule has 0 spiro atoms. The Hall–Kier alpha value is -0.840. The molecule has 0 amide bonds. The average Bonchev–Trinajstić information content (AvgIpc) is 2.63. The van der Waals surface area contributed by atoms with E-state index < -0.39 is 0 Å². The molecule has 0 radical (unpaired) electrons. The van der Waals surface area contributed by atoms with Gasteiger partial charge in [0.15, 0.2) is 0 Å². The van der Waals surface area contributed by atoms with Crippen molar-refractivity contribution in [2.24, 2.45) is 0 Å². The Kier molecular flexibility index (Phi) is 9.04. The van der Waals surface area contributed by atoms with Crippen LogP contribution >= 0.6 is 15.8 Å². The van der Waals surface area contributed by atoms with Crippen LogP contribution in [0, 0.1) is 0 Å². The average molecular weight is 417 g/mol. The Bertz CT molecular complexity index is 614. The summed E-state index contributed by atoms with van der Waals surface area (Å²) in [6.07, 6.45) is 11.8. The Morgan fingerprint density at radius 3 is 1.29 bits per heavy atom. The molecule has 2 unspecified atom stereocenters. The zero-order valence-corrected chi connectivity index (χ0v) is 20.4. The van der Waals surface area contributed by atoms with Crippen LogP contribution in [0.25, 0.3) is 0 Å². The van der Waals surface area contributed by atoms with Gasteiger partial charge in [-0.15, -0.1) is 0 Å². The normalized spacial score (nSPS) is 14.6. The van der Waals surface area contributed by atoms with Crippen molar-refractivity contribution in [1.82, 2.24) is 9.97 Å². The summed E-state index contributed by atoms with van der Waals surface area (Å²) in [5.74, 6) is 0. The van der Waals surface area contributed by atoms with Crippen LogP contribution in [-0.2, 0) is 0 Å². The summed E-state index contributed by atoms with van der Waals surface area (Å²) in [6.45, 7) is 14.2. The van der Waals surface area contributed by atoms with E-state index in [2.05, 4.69) is 75.8 Å². The Morgan fingerprint density at radius 2 is 1.00 bits per heavy atom. The molecule has 0 saturated heterocycles. The molecule has 2 heterocycles. The topological polar surface area (TPSA) is 25.8 Å². The molecule has 0 aliphatic heterocycles. The van der Waals surface area contributed by atoms with E-state index in [1.807, 2.05) is 24.5 Å². The van der Waals surface area contributed by atoms with Crippen molar-refractivity contribution in [1.29, 1.82) is 0 Å². The number of unbranched alkanes of at least 4 members (excludes halogenated alkanes) is 3. The molecule has 0 aliphatic rings. The molecule has 154 valence electrons. The van der Waals surface area contributed by atoms with Crippen molar-refractivity contribution in [2.75, 3.05) is 12.3 Å². The fraction of sp³-hybridized carbons (Fsp3) is 0.583. The van der Waals surface area contributed by atoms with Crippen molar-refractivity contribution in [3.8, 4) is 0 Å². The van der Waals surface area contributed by atoms with Gasteiger partial charge in [0, 0.05) is 12.4 Å². The molecule has 0 fully saturated rings. The van der Waals surface area contributed by atoms with Gasteiger partial charge in [-0.1, -0.05) is 66.5 Å². The van der Waals surface area contributed by atoms with Gasteiger partial charge < -0.3 is 0 Å². The highest BCUT2D eigenvalue weighted by molar-refractivity contribution is 7.67. The maximum atomic E-state index is 4.67. The largest absolute Gasteiger partial charge is 0.257 e. The molecule has 2 nitrogen and oxygen atoms in total. The predicted molar refractivity (Wildman–Crippen MR) is 129 cm³/mol. The highest BCUT2D eigenvalue weighted by Crippen LogP contribution is 2.49. The second-order valence-electron chi connectivity index (χ2n) is 9.44. The molecule has 0 saturated carbocycles. The van der Waals surface area contributed by atoms with Crippen LogP contribution < -0.4 is 10.9 Å². The van der Waals surface area contributed by atoms with Crippen LogP contribution in [0.2, 0.25) is 0 Å². The third-order valence-electron chi connectivity index (χ3n) is 4.98. The lowest BCUT2D eigenvalue weighted by Gasteiger charge is -2.31. The molecule has 0 N–H and O–H groups in total. The van der Waals surface area contributed by atoms with E-state index in [0.29, 0.717) is 10.3 Å². The molecule has 4 heteroatoms. The quantitative estimate of drug-likeness (QED) is 0.342. The van der Waals surface area contributed by atoms with Crippen molar-refractivity contribution in [3.63, 3.8) is 0 Å². The summed E-state index contributed by atoms with van der Waals surface area (Å²) >= 11 is 0. The molecule has 28 heavy (non-hydrogen) atoms. The highest BCUT2D eigenvalue weighted by atomic mass is 31.1. The molecule has 0 aliphatic carbocycles. The van der Waals surface area contributed by atoms with Crippen LogP contribution in [0.4, 0.5) is 0 Å². The molecule has 2 atom stereocenters. The Morgan fingerprint density at radius 1 is 0.607 bits per heavy atom. The van der Waals surface area contributed by atoms with E-state index in [-0.39, 0.29) is 15.8 Å². The Labute approximate surface area is 175 Å². The fourth-order valence-corrected chi connectivity index (χ4v) is 8.71. The third-order valence-corrected chi connectivity index (χ3v) is 11.4. The summed E-state index contributed by atoms with van der Waals surface area (Å²) in [6, 6.07) is 12.8. The maximum Gasteiger partial charge on any atom is 0.0636 e. The smallest absolute Gasteiger partial charge is 0.0636 e. The molecular weight excluding hydrogens is 378 g/mol. The van der Waals surface area contributed by atoms with E-state index >= 15 is 0 Å². The van der Waals surface area contributed by atoms with Crippen LogP contribution in [0.3, 0.4) is 0 Å². The van der Waals surface area contributed by atoms with E-state index in [1.54, 1.807) is 0 Å². The molecule has 2 aromatic rings. The van der Waals surface area contributed by atoms with E-state index in [0.717, 1.165) is 0 Å². The lowest BCUT2D eigenvalue weighted by molar-refractivity contribution is 0.695. The summed E-state index contributed by atoms with van der Waals surface area (Å²) in [7, 11) is -0.404. The second-order valence-corrected chi connectivity index (χ2v) is 15.6. The van der Waals surface area contributed by atoms with E-state index in [9.17, 15) is 0 Å². The number of aromatic nitrogens is 2. The summed E-state index contributed by atoms with van der Waals surface area (Å²) < 4.78 is 0. The van der Waals surface area contributed by atoms with Crippen LogP contribution in [0.5, 0.6) is 0 Å². The second kappa shape index (κ2) is 10.8. The van der Waals surface area contributed by atoms with Gasteiger partial charge in [0.05, 0.1) is 10.9 Å². The fourth-order valence-electron chi connectivity index (χ4n) is 3.51. The molecule has 0 bridgehead atoms. The SMILES string of the molecule is CC(C)(C)P(CCCCCCP(c1ccccn1)C(C)(C)C)c1ccccn1. The summed E-state index contributed by atoms with van der Waals surface area (Å²) in [4.78, 5) is 9.34. The zero-order chi connectivity index (χ0) is 20.6. The number of hydrogen-bond acceptors (Lipinski definition) is 2. The molecule has 0 aromatic carbocycles. The van der Waals surface area contributed by atoms with Gasteiger partial charge in [-0.2, -0.15) is 0 Å². The molecular formula is C24H38N2P2. The van der Waals surface area contributed by atoms with Crippen LogP contribution in [0.1, 0.15) is 67.2 Å². The number of pyridine rings is 2. The third kappa shape index (κ3) is 7.53. The molecule has 2 rings (SSSR count). The van der Waals surface area contributed by atoms with E-state index in [1.165, 1.54) is 48.9 Å². The lowest BCUT2D eigenvalue weighted by Crippen LogP contribution is -2.23. The number of rotatable bonds is 9. The van der Waals surface area contributed by atoms with Crippen LogP contribution in [0.15, 0.2) is 48.8 Å². The van der Waals surface area contributed by atoms with Crippen LogP contribution in [-0.4, -0.2) is 32.6 Å². The predicted octanol–water partition coefficient (Wildman–Crippen LogP) is 6.55. The first-order valence-electron chi connectivity index (χ1n) is 10.6. The van der Waals surface area contributed by atoms with Gasteiger partial charge in [0.25, 0.3) is 0 Å². The first-order valence-corrected chi connectivity index (χ1v) is 13.6. The van der Waals surface area contributed by atoms with Gasteiger partial charge >= 0.3 is 0 Å². The standard InChI is InChI=1S/C24H38N2P2/c1-23(2,3)27(21-15-9-11-17-25-21)19-13-7-8-14-20-28(24(4,5)6)22-16-10-12-18-26-22/h9-12,15-18H,7-8,13-14,19-20H2,1-6H3. The van der Waals surface area contributed by atoms with Gasteiger partial charge in [0.2, 0.25) is 0 Å². The molecule has 2 aromatic heterocycles.